The van der Waals surface area contributed by atoms with Gasteiger partial charge in [0.1, 0.15) is 5.69 Å². The Balaban J connectivity index is 2.58. The number of hydrogen-bond donors (Lipinski definition) is 1. The van der Waals surface area contributed by atoms with Crippen molar-refractivity contribution in [3.8, 4) is 5.69 Å². The molecule has 104 valence electrons. The van der Waals surface area contributed by atoms with Crippen LogP contribution in [-0.4, -0.2) is 20.9 Å². The lowest BCUT2D eigenvalue weighted by molar-refractivity contribution is -0.136. The molecule has 0 aliphatic heterocycles. The van der Waals surface area contributed by atoms with Crippen LogP contribution in [0, 0.1) is 13.8 Å². The van der Waals surface area contributed by atoms with Gasteiger partial charge in [-0.25, -0.2) is 4.68 Å². The zero-order valence-electron chi connectivity index (χ0n) is 11.1. The Morgan fingerprint density at radius 3 is 2.65 bits per heavy atom. The van der Waals surface area contributed by atoms with Crippen molar-refractivity contribution in [2.45, 2.75) is 20.3 Å². The standard InChI is InChI=1S/C14H13ClN2O3/c1-8-3-4-10(6-11(8)15)17-9(2)5-13(18)12(16-17)7-14(19)20/h3-6H,7H2,1-2H3,(H,19,20). The maximum absolute atomic E-state index is 11.7. The van der Waals surface area contributed by atoms with Gasteiger partial charge in [0, 0.05) is 16.8 Å². The molecule has 2 rings (SSSR count). The Hall–Kier alpha value is -2.14. The molecule has 20 heavy (non-hydrogen) atoms. The summed E-state index contributed by atoms with van der Waals surface area (Å²) in [6.45, 7) is 3.61. The smallest absolute Gasteiger partial charge is 0.309 e. The average Bonchev–Trinajstić information content (AvgIpc) is 2.36. The van der Waals surface area contributed by atoms with Gasteiger partial charge in [-0.2, -0.15) is 5.10 Å². The number of carbonyl (C=O) groups is 1. The number of aryl methyl sites for hydroxylation is 2. The molecule has 1 heterocycles. The van der Waals surface area contributed by atoms with Gasteiger partial charge in [0.15, 0.2) is 0 Å². The molecule has 2 aromatic rings. The van der Waals surface area contributed by atoms with Crippen molar-refractivity contribution >= 4 is 17.6 Å². The van der Waals surface area contributed by atoms with E-state index in [9.17, 15) is 9.59 Å². The first-order valence-corrected chi connectivity index (χ1v) is 6.34. The summed E-state index contributed by atoms with van der Waals surface area (Å²) in [7, 11) is 0. The minimum Gasteiger partial charge on any atom is -0.481 e. The highest BCUT2D eigenvalue weighted by atomic mass is 35.5. The van der Waals surface area contributed by atoms with E-state index in [1.165, 1.54) is 10.7 Å². The van der Waals surface area contributed by atoms with Gasteiger partial charge in [-0.1, -0.05) is 17.7 Å². The molecule has 0 fully saturated rings. The van der Waals surface area contributed by atoms with E-state index in [0.717, 1.165) is 5.56 Å². The lowest BCUT2D eigenvalue weighted by Crippen LogP contribution is -2.21. The van der Waals surface area contributed by atoms with Gasteiger partial charge in [0.05, 0.1) is 12.1 Å². The molecule has 0 aliphatic carbocycles. The number of nitrogens with zero attached hydrogens (tertiary/aromatic N) is 2. The van der Waals surface area contributed by atoms with E-state index in [0.29, 0.717) is 16.4 Å². The van der Waals surface area contributed by atoms with E-state index in [2.05, 4.69) is 5.10 Å². The van der Waals surface area contributed by atoms with Gasteiger partial charge >= 0.3 is 5.97 Å². The number of hydrogen-bond acceptors (Lipinski definition) is 3. The van der Waals surface area contributed by atoms with Crippen LogP contribution in [0.3, 0.4) is 0 Å². The third-order valence-corrected chi connectivity index (χ3v) is 3.31. The molecule has 0 radical (unpaired) electrons. The molecular formula is C14H13ClN2O3. The minimum atomic E-state index is -1.09. The van der Waals surface area contributed by atoms with E-state index in [1.807, 2.05) is 19.1 Å². The highest BCUT2D eigenvalue weighted by Gasteiger charge is 2.11. The molecular weight excluding hydrogens is 280 g/mol. The first-order valence-electron chi connectivity index (χ1n) is 5.96. The average molecular weight is 293 g/mol. The number of benzene rings is 1. The number of aromatic nitrogens is 2. The van der Waals surface area contributed by atoms with Gasteiger partial charge in [0.25, 0.3) is 0 Å². The third kappa shape index (κ3) is 2.88. The molecule has 1 N–H and O–H groups in total. The number of carboxylic acids is 1. The Bertz CT molecular complexity index is 738. The van der Waals surface area contributed by atoms with Gasteiger partial charge in [-0.15, -0.1) is 0 Å². The Morgan fingerprint density at radius 2 is 2.05 bits per heavy atom. The number of halogens is 1. The van der Waals surface area contributed by atoms with Crippen molar-refractivity contribution in [1.82, 2.24) is 9.78 Å². The van der Waals surface area contributed by atoms with Crippen LogP contribution in [-0.2, 0) is 11.2 Å². The first kappa shape index (κ1) is 14.3. The lowest BCUT2D eigenvalue weighted by Gasteiger charge is -2.11. The van der Waals surface area contributed by atoms with E-state index >= 15 is 0 Å². The van der Waals surface area contributed by atoms with Crippen LogP contribution in [0.15, 0.2) is 29.1 Å². The SMILES string of the molecule is Cc1ccc(-n2nc(CC(=O)O)c(=O)cc2C)cc1Cl. The predicted molar refractivity (Wildman–Crippen MR) is 75.7 cm³/mol. The number of carboxylic acid groups (broad SMARTS) is 1. The second-order valence-corrected chi connectivity index (χ2v) is 4.92. The van der Waals surface area contributed by atoms with Crippen LogP contribution < -0.4 is 5.43 Å². The highest BCUT2D eigenvalue weighted by Crippen LogP contribution is 2.19. The Labute approximate surface area is 120 Å². The largest absolute Gasteiger partial charge is 0.481 e. The summed E-state index contributed by atoms with van der Waals surface area (Å²) in [6.07, 6.45) is -0.404. The Morgan fingerprint density at radius 1 is 1.35 bits per heavy atom. The summed E-state index contributed by atoms with van der Waals surface area (Å²) in [4.78, 5) is 22.5. The topological polar surface area (TPSA) is 72.2 Å². The van der Waals surface area contributed by atoms with Gasteiger partial charge < -0.3 is 5.11 Å². The molecule has 5 nitrogen and oxygen atoms in total. The summed E-state index contributed by atoms with van der Waals surface area (Å²) >= 11 is 6.07. The van der Waals surface area contributed by atoms with Gasteiger partial charge in [0.2, 0.25) is 5.43 Å². The molecule has 0 spiro atoms. The van der Waals surface area contributed by atoms with Crippen LogP contribution in [0.2, 0.25) is 5.02 Å². The first-order chi connectivity index (χ1) is 9.38. The molecule has 0 saturated carbocycles. The fourth-order valence-electron chi connectivity index (χ4n) is 1.82. The third-order valence-electron chi connectivity index (χ3n) is 2.90. The Kier molecular flexibility index (Phi) is 3.90. The van der Waals surface area contributed by atoms with Crippen LogP contribution in [0.25, 0.3) is 5.69 Å². The molecule has 1 aromatic carbocycles. The van der Waals surface area contributed by atoms with Crippen molar-refractivity contribution in [1.29, 1.82) is 0 Å². The molecule has 1 aromatic heterocycles. The molecule has 0 unspecified atom stereocenters. The maximum Gasteiger partial charge on any atom is 0.309 e. The van der Waals surface area contributed by atoms with E-state index in [4.69, 9.17) is 16.7 Å². The zero-order chi connectivity index (χ0) is 14.9. The van der Waals surface area contributed by atoms with E-state index in [-0.39, 0.29) is 11.1 Å². The second kappa shape index (κ2) is 5.46. The molecule has 6 heteroatoms. The van der Waals surface area contributed by atoms with Crippen molar-refractivity contribution in [3.63, 3.8) is 0 Å². The van der Waals surface area contributed by atoms with Gasteiger partial charge in [-0.3, -0.25) is 9.59 Å². The highest BCUT2D eigenvalue weighted by molar-refractivity contribution is 6.31. The molecule has 0 bridgehead atoms. The van der Waals surface area contributed by atoms with Crippen LogP contribution in [0.5, 0.6) is 0 Å². The summed E-state index contributed by atoms with van der Waals surface area (Å²) in [5.74, 6) is -1.09. The minimum absolute atomic E-state index is 0.000188. The van der Waals surface area contributed by atoms with Crippen LogP contribution in [0.1, 0.15) is 17.0 Å². The van der Waals surface area contributed by atoms with Crippen LogP contribution in [0.4, 0.5) is 0 Å². The fraction of sp³-hybridized carbons (Fsp3) is 0.214. The van der Waals surface area contributed by atoms with Crippen molar-refractivity contribution in [2.75, 3.05) is 0 Å². The summed E-state index contributed by atoms with van der Waals surface area (Å²) in [5.41, 5.74) is 1.85. The van der Waals surface area contributed by atoms with Crippen molar-refractivity contribution < 1.29 is 9.90 Å². The quantitative estimate of drug-likeness (QED) is 0.940. The number of rotatable bonds is 3. The maximum atomic E-state index is 11.7. The predicted octanol–water partition coefficient (Wildman–Crippen LogP) is 2.13. The van der Waals surface area contributed by atoms with Crippen LogP contribution >= 0.6 is 11.6 Å². The van der Waals surface area contributed by atoms with E-state index in [1.54, 1.807) is 13.0 Å². The monoisotopic (exact) mass is 292 g/mol. The fourth-order valence-corrected chi connectivity index (χ4v) is 2.00. The molecule has 0 amide bonds. The summed E-state index contributed by atoms with van der Waals surface area (Å²) in [6, 6.07) is 6.76. The molecule has 0 atom stereocenters. The molecule has 0 aliphatic rings. The zero-order valence-corrected chi connectivity index (χ0v) is 11.8. The van der Waals surface area contributed by atoms with Gasteiger partial charge in [-0.05, 0) is 31.5 Å². The van der Waals surface area contributed by atoms with E-state index < -0.39 is 12.4 Å². The van der Waals surface area contributed by atoms with Crippen molar-refractivity contribution in [3.05, 3.63) is 56.5 Å². The van der Waals surface area contributed by atoms with Crippen molar-refractivity contribution in [2.24, 2.45) is 0 Å². The lowest BCUT2D eigenvalue weighted by atomic mass is 10.2. The summed E-state index contributed by atoms with van der Waals surface area (Å²) in [5, 5.41) is 13.5. The normalized spacial score (nSPS) is 10.6. The summed E-state index contributed by atoms with van der Waals surface area (Å²) < 4.78 is 1.52. The molecule has 0 saturated heterocycles. The second-order valence-electron chi connectivity index (χ2n) is 4.51. The number of aliphatic carboxylic acids is 1.